The van der Waals surface area contributed by atoms with Gasteiger partial charge in [-0.05, 0) is 37.7 Å². The molecule has 0 aliphatic carbocycles. The molecule has 1 aliphatic heterocycles. The smallest absolute Gasteiger partial charge is 0.0471 e. The van der Waals surface area contributed by atoms with E-state index in [1.165, 1.54) is 0 Å². The monoisotopic (exact) mass is 267 g/mol. The predicted octanol–water partition coefficient (Wildman–Crippen LogP) is 2.30. The predicted molar refractivity (Wildman–Crippen MR) is 77.8 cm³/mol. The SMILES string of the molecule is CC1CN(Cc2ccc(N)cc2Cl)CC1N(C)C. The molecule has 1 aromatic rings. The first-order valence-corrected chi connectivity index (χ1v) is 6.78. The van der Waals surface area contributed by atoms with Gasteiger partial charge in [-0.2, -0.15) is 0 Å². The van der Waals surface area contributed by atoms with E-state index in [-0.39, 0.29) is 0 Å². The van der Waals surface area contributed by atoms with Crippen LogP contribution in [0.2, 0.25) is 5.02 Å². The summed E-state index contributed by atoms with van der Waals surface area (Å²) < 4.78 is 0. The number of likely N-dealkylation sites (N-methyl/N-ethyl adjacent to an activating group) is 1. The van der Waals surface area contributed by atoms with E-state index >= 15 is 0 Å². The van der Waals surface area contributed by atoms with Gasteiger partial charge in [-0.1, -0.05) is 24.6 Å². The highest BCUT2D eigenvalue weighted by Gasteiger charge is 2.30. The van der Waals surface area contributed by atoms with Gasteiger partial charge in [-0.25, -0.2) is 0 Å². The van der Waals surface area contributed by atoms with E-state index in [4.69, 9.17) is 17.3 Å². The van der Waals surface area contributed by atoms with Crippen LogP contribution in [0.1, 0.15) is 12.5 Å². The van der Waals surface area contributed by atoms with Crippen molar-refractivity contribution in [2.24, 2.45) is 5.92 Å². The zero-order valence-electron chi connectivity index (χ0n) is 11.4. The molecule has 1 aliphatic rings. The number of nitrogens with zero attached hydrogens (tertiary/aromatic N) is 2. The molecule has 0 bridgehead atoms. The molecule has 100 valence electrons. The highest BCUT2D eigenvalue weighted by Crippen LogP contribution is 2.25. The van der Waals surface area contributed by atoms with Crippen LogP contribution in [-0.4, -0.2) is 43.0 Å². The summed E-state index contributed by atoms with van der Waals surface area (Å²) in [7, 11) is 4.31. The summed E-state index contributed by atoms with van der Waals surface area (Å²) in [6.45, 7) is 5.46. The largest absolute Gasteiger partial charge is 0.399 e. The van der Waals surface area contributed by atoms with Gasteiger partial charge in [0.15, 0.2) is 0 Å². The van der Waals surface area contributed by atoms with E-state index in [1.54, 1.807) is 0 Å². The Balaban J connectivity index is 2.03. The Bertz CT molecular complexity index is 420. The van der Waals surface area contributed by atoms with Gasteiger partial charge in [0.05, 0.1) is 0 Å². The van der Waals surface area contributed by atoms with Gasteiger partial charge >= 0.3 is 0 Å². The van der Waals surface area contributed by atoms with Crippen molar-refractivity contribution in [3.8, 4) is 0 Å². The molecule has 1 fully saturated rings. The Morgan fingerprint density at radius 3 is 2.67 bits per heavy atom. The molecule has 0 spiro atoms. The number of likely N-dealkylation sites (tertiary alicyclic amines) is 1. The van der Waals surface area contributed by atoms with Gasteiger partial charge < -0.3 is 10.6 Å². The molecule has 2 rings (SSSR count). The van der Waals surface area contributed by atoms with Crippen molar-refractivity contribution < 1.29 is 0 Å². The second kappa shape index (κ2) is 5.47. The standard InChI is InChI=1S/C14H22ClN3/c1-10-7-18(9-14(10)17(2)3)8-11-4-5-12(16)6-13(11)15/h4-6,10,14H,7-9,16H2,1-3H3. The van der Waals surface area contributed by atoms with E-state index in [0.717, 1.165) is 35.9 Å². The highest BCUT2D eigenvalue weighted by molar-refractivity contribution is 6.31. The molecule has 1 heterocycles. The molecule has 0 aromatic heterocycles. The Morgan fingerprint density at radius 1 is 1.39 bits per heavy atom. The maximum Gasteiger partial charge on any atom is 0.0471 e. The molecule has 4 heteroatoms. The van der Waals surface area contributed by atoms with Crippen LogP contribution in [0.3, 0.4) is 0 Å². The number of nitrogens with two attached hydrogens (primary N) is 1. The van der Waals surface area contributed by atoms with Gasteiger partial charge in [0.2, 0.25) is 0 Å². The summed E-state index contributed by atoms with van der Waals surface area (Å²) in [5, 5.41) is 0.774. The molecular formula is C14H22ClN3. The third-order valence-electron chi connectivity index (χ3n) is 3.78. The van der Waals surface area contributed by atoms with Crippen LogP contribution in [0.5, 0.6) is 0 Å². The molecule has 0 saturated carbocycles. The minimum Gasteiger partial charge on any atom is -0.399 e. The Morgan fingerprint density at radius 2 is 2.11 bits per heavy atom. The van der Waals surface area contributed by atoms with Crippen molar-refractivity contribution in [1.82, 2.24) is 9.80 Å². The van der Waals surface area contributed by atoms with Crippen LogP contribution < -0.4 is 5.73 Å². The minimum atomic E-state index is 0.637. The number of nitrogen functional groups attached to an aromatic ring is 1. The zero-order chi connectivity index (χ0) is 13.3. The summed E-state index contributed by atoms with van der Waals surface area (Å²) >= 11 is 6.23. The summed E-state index contributed by atoms with van der Waals surface area (Å²) in [4.78, 5) is 4.78. The van der Waals surface area contributed by atoms with Crippen LogP contribution in [0.25, 0.3) is 0 Å². The van der Waals surface area contributed by atoms with E-state index < -0.39 is 0 Å². The summed E-state index contributed by atoms with van der Waals surface area (Å²) in [5.74, 6) is 0.701. The van der Waals surface area contributed by atoms with Gasteiger partial charge in [-0.3, -0.25) is 4.90 Å². The Kier molecular flexibility index (Phi) is 4.15. The second-order valence-corrected chi connectivity index (χ2v) is 5.96. The van der Waals surface area contributed by atoms with E-state index in [2.05, 4.69) is 30.8 Å². The van der Waals surface area contributed by atoms with Gasteiger partial charge in [0, 0.05) is 36.4 Å². The third-order valence-corrected chi connectivity index (χ3v) is 4.13. The fraction of sp³-hybridized carbons (Fsp3) is 0.571. The average Bonchev–Trinajstić information content (AvgIpc) is 2.64. The van der Waals surface area contributed by atoms with Crippen LogP contribution in [0.4, 0.5) is 5.69 Å². The molecule has 0 amide bonds. The summed E-state index contributed by atoms with van der Waals surface area (Å²) in [6.07, 6.45) is 0. The minimum absolute atomic E-state index is 0.637. The topological polar surface area (TPSA) is 32.5 Å². The van der Waals surface area contributed by atoms with Crippen molar-refractivity contribution in [3.05, 3.63) is 28.8 Å². The number of hydrogen-bond acceptors (Lipinski definition) is 3. The first kappa shape index (κ1) is 13.7. The molecular weight excluding hydrogens is 246 g/mol. The molecule has 2 N–H and O–H groups in total. The molecule has 3 nitrogen and oxygen atoms in total. The quantitative estimate of drug-likeness (QED) is 0.853. The zero-order valence-corrected chi connectivity index (χ0v) is 12.1. The number of hydrogen-bond donors (Lipinski definition) is 1. The number of anilines is 1. The third kappa shape index (κ3) is 2.97. The fourth-order valence-corrected chi connectivity index (χ4v) is 3.03. The van der Waals surface area contributed by atoms with Gasteiger partial charge in [0.25, 0.3) is 0 Å². The van der Waals surface area contributed by atoms with Crippen molar-refractivity contribution in [1.29, 1.82) is 0 Å². The van der Waals surface area contributed by atoms with E-state index in [0.29, 0.717) is 12.0 Å². The van der Waals surface area contributed by atoms with E-state index in [9.17, 15) is 0 Å². The maximum absolute atomic E-state index is 6.23. The molecule has 2 unspecified atom stereocenters. The van der Waals surface area contributed by atoms with Crippen molar-refractivity contribution in [2.75, 3.05) is 32.9 Å². The lowest BCUT2D eigenvalue weighted by Crippen LogP contribution is -2.34. The van der Waals surface area contributed by atoms with Crippen LogP contribution in [0, 0.1) is 5.92 Å². The fourth-order valence-electron chi connectivity index (χ4n) is 2.78. The van der Waals surface area contributed by atoms with Crippen molar-refractivity contribution >= 4 is 17.3 Å². The van der Waals surface area contributed by atoms with Crippen LogP contribution in [-0.2, 0) is 6.54 Å². The first-order chi connectivity index (χ1) is 8.47. The normalized spacial score (nSPS) is 24.9. The van der Waals surface area contributed by atoms with Crippen molar-refractivity contribution in [3.63, 3.8) is 0 Å². The number of benzene rings is 1. The molecule has 1 aromatic carbocycles. The lowest BCUT2D eigenvalue weighted by molar-refractivity contribution is 0.250. The van der Waals surface area contributed by atoms with Gasteiger partial charge in [0.1, 0.15) is 0 Å². The number of halogens is 1. The van der Waals surface area contributed by atoms with E-state index in [1.807, 2.05) is 18.2 Å². The first-order valence-electron chi connectivity index (χ1n) is 6.40. The van der Waals surface area contributed by atoms with Crippen molar-refractivity contribution in [2.45, 2.75) is 19.5 Å². The van der Waals surface area contributed by atoms with Gasteiger partial charge in [-0.15, -0.1) is 0 Å². The Hall–Kier alpha value is -0.770. The number of rotatable bonds is 3. The van der Waals surface area contributed by atoms with Crippen LogP contribution in [0.15, 0.2) is 18.2 Å². The molecule has 1 saturated heterocycles. The average molecular weight is 268 g/mol. The highest BCUT2D eigenvalue weighted by atomic mass is 35.5. The molecule has 2 atom stereocenters. The second-order valence-electron chi connectivity index (χ2n) is 5.55. The maximum atomic E-state index is 6.23. The summed E-state index contributed by atoms with van der Waals surface area (Å²) in [6, 6.07) is 6.42. The molecule has 0 radical (unpaired) electrons. The summed E-state index contributed by atoms with van der Waals surface area (Å²) in [5.41, 5.74) is 7.61. The lowest BCUT2D eigenvalue weighted by atomic mass is 10.1. The Labute approximate surface area is 115 Å². The molecule has 18 heavy (non-hydrogen) atoms. The lowest BCUT2D eigenvalue weighted by Gasteiger charge is -2.22. The van der Waals surface area contributed by atoms with Crippen LogP contribution >= 0.6 is 11.6 Å².